The van der Waals surface area contributed by atoms with E-state index in [2.05, 4.69) is 299 Å². The molecule has 0 N–H and O–H groups in total. The van der Waals surface area contributed by atoms with Gasteiger partial charge in [0.1, 0.15) is 0 Å². The predicted octanol–water partition coefficient (Wildman–Crippen LogP) is 28.3. The number of unbranched alkanes of at least 4 members (excludes halogenated alkanes) is 8. The number of para-hydroxylation sites is 1. The molecule has 0 bridgehead atoms. The van der Waals surface area contributed by atoms with Crippen molar-refractivity contribution >= 4 is 17.1 Å². The van der Waals surface area contributed by atoms with Gasteiger partial charge < -0.3 is 4.90 Å². The second-order valence-electron chi connectivity index (χ2n) is 34.4. The molecule has 0 atom stereocenters. The number of nitrogens with zero attached hydrogens (tertiary/aromatic N) is 1. The Balaban J connectivity index is 0.694. The molecule has 12 aromatic rings. The minimum absolute atomic E-state index is 0.0461. The SMILES string of the molecule is CCCCCCCC1(CCCCCCC)c2ccccc2-c2ccc(-c3ccc4c(c3)C(C)(C)c3cc(-c5cc6c(c7c5Cc5ccccc5-7)-c5ccc(N(c7ccc8c(c7)C(C)(C)c7c-8c8c(c9c7C(C)(C)c7ccccc7-9)-c7ccccc7CC8)c7ccccc7C)cc5C6(C)C)ccc3-4)cc21. The zero-order valence-electron chi connectivity index (χ0n) is 63.3. The first-order valence-corrected chi connectivity index (χ1v) is 39.9. The minimum atomic E-state index is -0.310. The Bertz CT molecular complexity index is 5580. The first-order valence-electron chi connectivity index (χ1n) is 39.9. The van der Waals surface area contributed by atoms with Gasteiger partial charge in [-0.15, -0.1) is 0 Å². The lowest BCUT2D eigenvalue weighted by molar-refractivity contribution is 0.399. The van der Waals surface area contributed by atoms with Crippen LogP contribution in [0.3, 0.4) is 0 Å². The Morgan fingerprint density at radius 2 is 0.750 bits per heavy atom. The van der Waals surface area contributed by atoms with Crippen LogP contribution in [0.5, 0.6) is 0 Å². The summed E-state index contributed by atoms with van der Waals surface area (Å²) in [6.45, 7) is 27.0. The molecule has 7 aliphatic carbocycles. The topological polar surface area (TPSA) is 3.24 Å². The molecule has 7 aliphatic rings. The third-order valence-electron chi connectivity index (χ3n) is 27.2. The summed E-state index contributed by atoms with van der Waals surface area (Å²) < 4.78 is 0. The van der Waals surface area contributed by atoms with Crippen molar-refractivity contribution in [2.75, 3.05) is 4.90 Å². The average molecular weight is 1350 g/mol. The van der Waals surface area contributed by atoms with E-state index in [-0.39, 0.29) is 27.1 Å². The Morgan fingerprint density at radius 1 is 0.298 bits per heavy atom. The number of hydrogen-bond acceptors (Lipinski definition) is 1. The van der Waals surface area contributed by atoms with Gasteiger partial charge in [0, 0.05) is 44.1 Å². The molecular weight excluding hydrogens is 1250 g/mol. The smallest absolute Gasteiger partial charge is 0.0490 e. The highest BCUT2D eigenvalue weighted by molar-refractivity contribution is 6.05. The highest BCUT2D eigenvalue weighted by Crippen LogP contribution is 2.66. The molecule has 0 unspecified atom stereocenters. The fraction of sp³-hybridized carbons (Fsp3) is 0.301. The summed E-state index contributed by atoms with van der Waals surface area (Å²) in [6, 6.07) is 86.8. The molecule has 0 saturated heterocycles. The third kappa shape index (κ3) is 9.35. The first-order chi connectivity index (χ1) is 50.4. The maximum Gasteiger partial charge on any atom is 0.0490 e. The van der Waals surface area contributed by atoms with E-state index in [9.17, 15) is 0 Å². The second kappa shape index (κ2) is 24.0. The molecule has 1 nitrogen and oxygen atoms in total. The lowest BCUT2D eigenvalue weighted by Crippen LogP contribution is -2.25. The molecule has 0 amide bonds. The summed E-state index contributed by atoms with van der Waals surface area (Å²) in [5.41, 5.74) is 49.8. The van der Waals surface area contributed by atoms with Crippen molar-refractivity contribution in [1.82, 2.24) is 0 Å². The molecule has 516 valence electrons. The van der Waals surface area contributed by atoms with Crippen LogP contribution in [0.25, 0.3) is 100 Å². The number of anilines is 3. The quantitative estimate of drug-likeness (QED) is 0.0822. The van der Waals surface area contributed by atoms with Crippen molar-refractivity contribution in [3.63, 3.8) is 0 Å². The molecule has 0 aliphatic heterocycles. The monoisotopic (exact) mass is 1350 g/mol. The van der Waals surface area contributed by atoms with Crippen LogP contribution >= 0.6 is 0 Å². The van der Waals surface area contributed by atoms with E-state index >= 15 is 0 Å². The van der Waals surface area contributed by atoms with Gasteiger partial charge in [-0.3, -0.25) is 0 Å². The Morgan fingerprint density at radius 3 is 1.41 bits per heavy atom. The molecule has 0 saturated carbocycles. The first kappa shape index (κ1) is 65.2. The summed E-state index contributed by atoms with van der Waals surface area (Å²) in [7, 11) is 0. The molecule has 1 heteroatoms. The molecule has 104 heavy (non-hydrogen) atoms. The van der Waals surface area contributed by atoms with Crippen molar-refractivity contribution in [2.45, 2.75) is 200 Å². The fourth-order valence-corrected chi connectivity index (χ4v) is 21.9. The number of fused-ring (bicyclic) bond motifs is 25. The van der Waals surface area contributed by atoms with Crippen LogP contribution in [0.2, 0.25) is 0 Å². The summed E-state index contributed by atoms with van der Waals surface area (Å²) in [4.78, 5) is 2.59. The molecule has 0 heterocycles. The summed E-state index contributed by atoms with van der Waals surface area (Å²) in [6.07, 6.45) is 18.6. The van der Waals surface area contributed by atoms with Gasteiger partial charge in [-0.25, -0.2) is 0 Å². The van der Waals surface area contributed by atoms with Gasteiger partial charge in [-0.2, -0.15) is 0 Å². The second-order valence-corrected chi connectivity index (χ2v) is 34.4. The molecule has 0 radical (unpaired) electrons. The van der Waals surface area contributed by atoms with Crippen molar-refractivity contribution in [1.29, 1.82) is 0 Å². The number of hydrogen-bond donors (Lipinski definition) is 0. The highest BCUT2D eigenvalue weighted by Gasteiger charge is 2.51. The van der Waals surface area contributed by atoms with E-state index in [1.54, 1.807) is 11.1 Å². The summed E-state index contributed by atoms with van der Waals surface area (Å²) in [5.74, 6) is 0. The van der Waals surface area contributed by atoms with Crippen LogP contribution in [0.15, 0.2) is 218 Å². The van der Waals surface area contributed by atoms with Crippen LogP contribution in [0, 0.1) is 6.92 Å². The number of benzene rings is 12. The van der Waals surface area contributed by atoms with Crippen LogP contribution in [-0.2, 0) is 46.3 Å². The van der Waals surface area contributed by atoms with E-state index in [4.69, 9.17) is 0 Å². The maximum atomic E-state index is 2.65. The zero-order chi connectivity index (χ0) is 70.9. The zero-order valence-corrected chi connectivity index (χ0v) is 63.3. The molecular formula is C103H99N. The van der Waals surface area contributed by atoms with Gasteiger partial charge >= 0.3 is 0 Å². The summed E-state index contributed by atoms with van der Waals surface area (Å²) >= 11 is 0. The van der Waals surface area contributed by atoms with Crippen molar-refractivity contribution in [3.8, 4) is 100 Å². The Kier molecular flexibility index (Phi) is 15.0. The molecule has 0 fully saturated rings. The van der Waals surface area contributed by atoms with Gasteiger partial charge in [-0.1, -0.05) is 297 Å². The normalized spacial score (nSPS) is 16.2. The van der Waals surface area contributed by atoms with Gasteiger partial charge in [-0.05, 0) is 277 Å². The van der Waals surface area contributed by atoms with Crippen LogP contribution in [0.1, 0.15) is 230 Å². The van der Waals surface area contributed by atoms with Gasteiger partial charge in [0.05, 0.1) is 0 Å². The van der Waals surface area contributed by atoms with Gasteiger partial charge in [0.25, 0.3) is 0 Å². The lowest BCUT2D eigenvalue weighted by Gasteiger charge is -2.34. The number of rotatable bonds is 17. The standard InChI is InChI=1S/C103H99N/c1-12-14-16-18-30-54-103(55-31-19-17-15-13-2)84-40-28-25-37-73(84)76-49-44-66(58-89(76)103)65-43-48-74-75-50-45-68(59-86(75)99(4,5)85(74)57-65)81-62-90-95(93-72-36-24-22-34-67(72)56-82(81)93)79-53-47-69(60-87(79)100(90,6)7)104(91-41-29-20-32-63(91)3)70-46-52-78-88(61-70)102(10,11)97-94(78)80-51-42-64-33-21-23-35-71(64)92(80)96-77-38-26-27-39-83(77)101(8,9)98(96)97/h20-29,32-41,43-50,52-53,57-62H,12-19,30-31,42,51,54-56H2,1-11H3. The summed E-state index contributed by atoms with van der Waals surface area (Å²) in [5, 5.41) is 0. The Hall–Kier alpha value is -9.56. The number of aryl methyl sites for hydroxylation is 2. The van der Waals surface area contributed by atoms with E-state index < -0.39 is 0 Å². The third-order valence-corrected chi connectivity index (χ3v) is 27.2. The van der Waals surface area contributed by atoms with E-state index in [1.807, 2.05) is 0 Å². The van der Waals surface area contributed by atoms with E-state index in [0.717, 1.165) is 19.3 Å². The van der Waals surface area contributed by atoms with Gasteiger partial charge in [0.15, 0.2) is 0 Å². The van der Waals surface area contributed by atoms with Crippen LogP contribution < -0.4 is 4.90 Å². The van der Waals surface area contributed by atoms with Crippen LogP contribution in [0.4, 0.5) is 17.1 Å². The predicted molar refractivity (Wildman–Crippen MR) is 441 cm³/mol. The van der Waals surface area contributed by atoms with Crippen molar-refractivity contribution in [2.24, 2.45) is 0 Å². The maximum absolute atomic E-state index is 2.65. The molecule has 0 aromatic heterocycles. The van der Waals surface area contributed by atoms with Crippen molar-refractivity contribution in [3.05, 3.63) is 302 Å². The van der Waals surface area contributed by atoms with Crippen molar-refractivity contribution < 1.29 is 0 Å². The van der Waals surface area contributed by atoms with E-state index in [0.29, 0.717) is 0 Å². The molecule has 19 rings (SSSR count). The fourth-order valence-electron chi connectivity index (χ4n) is 21.9. The molecule has 12 aromatic carbocycles. The molecule has 0 spiro atoms. The Labute approximate surface area is 619 Å². The van der Waals surface area contributed by atoms with Gasteiger partial charge in [0.2, 0.25) is 0 Å². The van der Waals surface area contributed by atoms with E-state index in [1.165, 1.54) is 267 Å². The van der Waals surface area contributed by atoms with Crippen LogP contribution in [-0.4, -0.2) is 0 Å². The highest BCUT2D eigenvalue weighted by atomic mass is 15.1. The lowest BCUT2D eigenvalue weighted by atomic mass is 9.69. The minimum Gasteiger partial charge on any atom is -0.310 e. The average Bonchev–Trinajstić information content (AvgIpc) is 1.48. The largest absolute Gasteiger partial charge is 0.310 e.